The van der Waals surface area contributed by atoms with E-state index in [1.807, 2.05) is 24.3 Å². The van der Waals surface area contributed by atoms with Gasteiger partial charge in [-0.05, 0) is 22.9 Å². The summed E-state index contributed by atoms with van der Waals surface area (Å²) in [6.45, 7) is 0. The van der Waals surface area contributed by atoms with Crippen molar-refractivity contribution in [1.82, 2.24) is 0 Å². The molecule has 0 aliphatic rings. The summed E-state index contributed by atoms with van der Waals surface area (Å²) in [5.41, 5.74) is 1.81. The fraction of sp³-hybridized carbons (Fsp3) is 0.375. The van der Waals surface area contributed by atoms with E-state index in [0.717, 1.165) is 21.9 Å². The van der Waals surface area contributed by atoms with Gasteiger partial charge in [0, 0.05) is 39.6 Å². The second kappa shape index (κ2) is 6.81. The molecule has 20 heavy (non-hydrogen) atoms. The second-order valence-corrected chi connectivity index (χ2v) is 4.43. The van der Waals surface area contributed by atoms with Crippen LogP contribution in [0.25, 0.3) is 10.8 Å². The van der Waals surface area contributed by atoms with Crippen LogP contribution in [0.1, 0.15) is 23.7 Å². The summed E-state index contributed by atoms with van der Waals surface area (Å²) in [7, 11) is 6.45. The maximum Gasteiger partial charge on any atom is 0.183 e. The zero-order valence-electron chi connectivity index (χ0n) is 12.3. The van der Waals surface area contributed by atoms with Crippen LogP contribution in [0.5, 0.6) is 0 Å². The van der Waals surface area contributed by atoms with Gasteiger partial charge in [-0.15, -0.1) is 0 Å². The van der Waals surface area contributed by atoms with E-state index >= 15 is 0 Å². The van der Waals surface area contributed by atoms with E-state index in [-0.39, 0.29) is 0 Å². The van der Waals surface area contributed by atoms with Crippen LogP contribution in [-0.2, 0) is 18.9 Å². The van der Waals surface area contributed by atoms with Crippen LogP contribution in [-0.4, -0.2) is 28.4 Å². The lowest BCUT2D eigenvalue weighted by Crippen LogP contribution is -2.12. The highest BCUT2D eigenvalue weighted by Crippen LogP contribution is 2.32. The van der Waals surface area contributed by atoms with Gasteiger partial charge >= 0.3 is 0 Å². The molecular weight excluding hydrogens is 256 g/mol. The van der Waals surface area contributed by atoms with Gasteiger partial charge in [-0.3, -0.25) is 0 Å². The Morgan fingerprint density at radius 2 is 1.00 bits per heavy atom. The summed E-state index contributed by atoms with van der Waals surface area (Å²) in [5, 5.41) is 2.24. The fourth-order valence-electron chi connectivity index (χ4n) is 2.38. The van der Waals surface area contributed by atoms with E-state index in [0.29, 0.717) is 0 Å². The van der Waals surface area contributed by atoms with Crippen molar-refractivity contribution in [1.29, 1.82) is 0 Å². The first-order valence-corrected chi connectivity index (χ1v) is 6.39. The zero-order chi connectivity index (χ0) is 14.5. The van der Waals surface area contributed by atoms with Gasteiger partial charge in [0.1, 0.15) is 0 Å². The molecule has 0 aliphatic heterocycles. The zero-order valence-corrected chi connectivity index (χ0v) is 12.3. The molecule has 2 aromatic rings. The van der Waals surface area contributed by atoms with E-state index in [4.69, 9.17) is 18.9 Å². The minimum absolute atomic E-state index is 0.456. The number of rotatable bonds is 6. The summed E-state index contributed by atoms with van der Waals surface area (Å²) in [5.74, 6) is 0. The Balaban J connectivity index is 2.63. The third-order valence-electron chi connectivity index (χ3n) is 3.32. The van der Waals surface area contributed by atoms with Crippen LogP contribution in [0, 0.1) is 0 Å². The van der Waals surface area contributed by atoms with Crippen molar-refractivity contribution in [3.8, 4) is 0 Å². The lowest BCUT2D eigenvalue weighted by molar-refractivity contribution is -0.123. The first kappa shape index (κ1) is 14.9. The molecule has 0 radical (unpaired) electrons. The third kappa shape index (κ3) is 2.83. The smallest absolute Gasteiger partial charge is 0.183 e. The summed E-state index contributed by atoms with van der Waals surface area (Å²) in [4.78, 5) is 0. The van der Waals surface area contributed by atoms with Crippen molar-refractivity contribution in [3.05, 3.63) is 47.5 Å². The first-order chi connectivity index (χ1) is 9.74. The predicted octanol–water partition coefficient (Wildman–Crippen LogP) is 3.42. The Labute approximate surface area is 119 Å². The largest absolute Gasteiger partial charge is 0.352 e. The van der Waals surface area contributed by atoms with Crippen LogP contribution in [0.15, 0.2) is 36.4 Å². The number of hydrogen-bond acceptors (Lipinski definition) is 4. The van der Waals surface area contributed by atoms with E-state index in [1.165, 1.54) is 0 Å². The van der Waals surface area contributed by atoms with Crippen LogP contribution in [0.3, 0.4) is 0 Å². The molecule has 4 heteroatoms. The highest BCUT2D eigenvalue weighted by Gasteiger charge is 2.21. The van der Waals surface area contributed by atoms with Crippen molar-refractivity contribution in [2.75, 3.05) is 28.4 Å². The molecule has 0 heterocycles. The minimum atomic E-state index is -0.456. The van der Waals surface area contributed by atoms with Gasteiger partial charge in [0.05, 0.1) is 0 Å². The van der Waals surface area contributed by atoms with Gasteiger partial charge in [-0.1, -0.05) is 24.3 Å². The van der Waals surface area contributed by atoms with Gasteiger partial charge in [0.15, 0.2) is 12.6 Å². The van der Waals surface area contributed by atoms with E-state index in [9.17, 15) is 0 Å². The molecule has 0 aromatic heterocycles. The number of fused-ring (bicyclic) bond motifs is 1. The van der Waals surface area contributed by atoms with Crippen LogP contribution in [0.4, 0.5) is 0 Å². The SMILES string of the molecule is COC(OC)c1cc2ccccc2cc1C(OC)OC. The number of methoxy groups -OCH3 is 4. The molecule has 0 spiro atoms. The van der Waals surface area contributed by atoms with Gasteiger partial charge in [-0.2, -0.15) is 0 Å². The molecule has 108 valence electrons. The van der Waals surface area contributed by atoms with Gasteiger partial charge in [0.2, 0.25) is 0 Å². The number of benzene rings is 2. The van der Waals surface area contributed by atoms with Crippen molar-refractivity contribution in [2.45, 2.75) is 12.6 Å². The normalized spacial score (nSPS) is 11.7. The summed E-state index contributed by atoms with van der Waals surface area (Å²) >= 11 is 0. The Morgan fingerprint density at radius 3 is 1.30 bits per heavy atom. The summed E-state index contributed by atoms with van der Waals surface area (Å²) < 4.78 is 21.5. The topological polar surface area (TPSA) is 36.9 Å². The molecule has 0 saturated heterocycles. The molecular formula is C16H20O4. The summed E-state index contributed by atoms with van der Waals surface area (Å²) in [6.07, 6.45) is -0.912. The third-order valence-corrected chi connectivity index (χ3v) is 3.32. The molecule has 0 amide bonds. The molecule has 2 aromatic carbocycles. The number of ether oxygens (including phenoxy) is 4. The molecule has 4 nitrogen and oxygen atoms in total. The van der Waals surface area contributed by atoms with E-state index in [2.05, 4.69) is 12.1 Å². The average Bonchev–Trinajstić information content (AvgIpc) is 2.50. The Morgan fingerprint density at radius 1 is 0.650 bits per heavy atom. The minimum Gasteiger partial charge on any atom is -0.352 e. The van der Waals surface area contributed by atoms with Gasteiger partial charge < -0.3 is 18.9 Å². The van der Waals surface area contributed by atoms with Crippen LogP contribution < -0.4 is 0 Å². The van der Waals surface area contributed by atoms with E-state index < -0.39 is 12.6 Å². The molecule has 0 aliphatic carbocycles. The Hall–Kier alpha value is -1.46. The maximum absolute atomic E-state index is 5.38. The van der Waals surface area contributed by atoms with Crippen molar-refractivity contribution in [2.24, 2.45) is 0 Å². The van der Waals surface area contributed by atoms with Gasteiger partial charge in [-0.25, -0.2) is 0 Å². The first-order valence-electron chi connectivity index (χ1n) is 6.39. The highest BCUT2D eigenvalue weighted by molar-refractivity contribution is 5.84. The van der Waals surface area contributed by atoms with E-state index in [1.54, 1.807) is 28.4 Å². The highest BCUT2D eigenvalue weighted by atomic mass is 16.7. The standard InChI is InChI=1S/C16H20O4/c1-17-15(18-2)13-9-11-7-5-6-8-12(11)10-14(13)16(19-3)20-4/h5-10,15-16H,1-4H3. The molecule has 0 bridgehead atoms. The van der Waals surface area contributed by atoms with Crippen molar-refractivity contribution < 1.29 is 18.9 Å². The fourth-order valence-corrected chi connectivity index (χ4v) is 2.38. The summed E-state index contributed by atoms with van der Waals surface area (Å²) in [6, 6.07) is 12.2. The Bertz CT molecular complexity index is 509. The van der Waals surface area contributed by atoms with Crippen molar-refractivity contribution >= 4 is 10.8 Å². The predicted molar refractivity (Wildman–Crippen MR) is 77.5 cm³/mol. The monoisotopic (exact) mass is 276 g/mol. The molecule has 0 fully saturated rings. The average molecular weight is 276 g/mol. The maximum atomic E-state index is 5.38. The molecule has 0 N–H and O–H groups in total. The quantitative estimate of drug-likeness (QED) is 0.758. The molecule has 2 rings (SSSR count). The van der Waals surface area contributed by atoms with Crippen LogP contribution >= 0.6 is 0 Å². The molecule has 0 saturated carbocycles. The number of hydrogen-bond donors (Lipinski definition) is 0. The van der Waals surface area contributed by atoms with Crippen molar-refractivity contribution in [3.63, 3.8) is 0 Å². The Kier molecular flexibility index (Phi) is 5.09. The lowest BCUT2D eigenvalue weighted by Gasteiger charge is -2.23. The van der Waals surface area contributed by atoms with Gasteiger partial charge in [0.25, 0.3) is 0 Å². The lowest BCUT2D eigenvalue weighted by atomic mass is 10.00. The van der Waals surface area contributed by atoms with Crippen LogP contribution in [0.2, 0.25) is 0 Å². The molecule has 0 unspecified atom stereocenters. The molecule has 0 atom stereocenters. The second-order valence-electron chi connectivity index (χ2n) is 4.43.